The standard InChI is InChI=1S/C28H28N2O2S2/c1-21-16-18-24(19-17-21)34(31,32)30-25-14-8-9-15-27(25)33-28(29-23-12-6-3-7-13-23)26(30)20-22-10-4-2-5-11-22/h2-7,10-13,16-20,25,27H,8-9,14-15H2,1H3/b26-20-,29-28?. The number of hydrogen-bond acceptors (Lipinski definition) is 4. The summed E-state index contributed by atoms with van der Waals surface area (Å²) in [5.41, 5.74) is 3.47. The molecule has 0 bridgehead atoms. The van der Waals surface area contributed by atoms with Crippen LogP contribution in [0.25, 0.3) is 6.08 Å². The largest absolute Gasteiger partial charge is 0.264 e. The van der Waals surface area contributed by atoms with E-state index in [2.05, 4.69) is 0 Å². The van der Waals surface area contributed by atoms with E-state index in [1.54, 1.807) is 28.2 Å². The number of hydrogen-bond donors (Lipinski definition) is 0. The van der Waals surface area contributed by atoms with E-state index in [1.807, 2.05) is 85.8 Å². The van der Waals surface area contributed by atoms with Crippen molar-refractivity contribution in [2.45, 2.75) is 48.8 Å². The molecule has 174 valence electrons. The molecule has 2 atom stereocenters. The van der Waals surface area contributed by atoms with Crippen LogP contribution in [-0.2, 0) is 10.0 Å². The maximum absolute atomic E-state index is 14.2. The number of benzene rings is 3. The van der Waals surface area contributed by atoms with E-state index in [-0.39, 0.29) is 11.3 Å². The van der Waals surface area contributed by atoms with Gasteiger partial charge in [0.15, 0.2) is 0 Å². The van der Waals surface area contributed by atoms with Gasteiger partial charge in [0.2, 0.25) is 0 Å². The molecule has 1 aliphatic carbocycles. The zero-order valence-corrected chi connectivity index (χ0v) is 20.8. The second kappa shape index (κ2) is 9.80. The maximum atomic E-state index is 14.2. The van der Waals surface area contributed by atoms with Crippen molar-refractivity contribution in [2.75, 3.05) is 0 Å². The Morgan fingerprint density at radius 1 is 0.882 bits per heavy atom. The number of aliphatic imine (C=N–C) groups is 1. The SMILES string of the molecule is Cc1ccc(S(=O)(=O)N2/C(=C\c3ccccc3)C(=Nc3ccccc3)SC3CCCCC32)cc1. The van der Waals surface area contributed by atoms with Crippen molar-refractivity contribution < 1.29 is 8.42 Å². The predicted octanol–water partition coefficient (Wildman–Crippen LogP) is 6.82. The molecule has 34 heavy (non-hydrogen) atoms. The summed E-state index contributed by atoms with van der Waals surface area (Å²) in [6.45, 7) is 1.97. The van der Waals surface area contributed by atoms with Gasteiger partial charge in [0.25, 0.3) is 10.0 Å². The third kappa shape index (κ3) is 4.70. The number of rotatable bonds is 4. The van der Waals surface area contributed by atoms with E-state index in [1.165, 1.54) is 0 Å². The van der Waals surface area contributed by atoms with E-state index < -0.39 is 10.0 Å². The number of thioether (sulfide) groups is 1. The summed E-state index contributed by atoms with van der Waals surface area (Å²) in [5.74, 6) is 0. The van der Waals surface area contributed by atoms with Crippen molar-refractivity contribution in [3.63, 3.8) is 0 Å². The Hall–Kier alpha value is -2.83. The number of aryl methyl sites for hydroxylation is 1. The van der Waals surface area contributed by atoms with Gasteiger partial charge in [-0.05, 0) is 55.7 Å². The summed E-state index contributed by atoms with van der Waals surface area (Å²) in [6.07, 6.45) is 5.97. The maximum Gasteiger partial charge on any atom is 0.264 e. The zero-order valence-electron chi connectivity index (χ0n) is 19.2. The number of fused-ring (bicyclic) bond motifs is 1. The van der Waals surface area contributed by atoms with Crippen molar-refractivity contribution in [1.82, 2.24) is 4.31 Å². The van der Waals surface area contributed by atoms with Crippen LogP contribution in [0.4, 0.5) is 5.69 Å². The van der Waals surface area contributed by atoms with Gasteiger partial charge in [-0.1, -0.05) is 90.8 Å². The summed E-state index contributed by atoms with van der Waals surface area (Å²) in [5, 5.41) is 0.943. The Morgan fingerprint density at radius 2 is 1.53 bits per heavy atom. The molecule has 3 aromatic rings. The van der Waals surface area contributed by atoms with Crippen molar-refractivity contribution >= 4 is 38.6 Å². The molecule has 0 N–H and O–H groups in total. The first-order chi connectivity index (χ1) is 16.5. The highest BCUT2D eigenvalue weighted by atomic mass is 32.2. The highest BCUT2D eigenvalue weighted by molar-refractivity contribution is 8.15. The molecule has 3 aromatic carbocycles. The zero-order chi connectivity index (χ0) is 23.5. The Morgan fingerprint density at radius 3 is 2.24 bits per heavy atom. The van der Waals surface area contributed by atoms with Gasteiger partial charge >= 0.3 is 0 Å². The van der Waals surface area contributed by atoms with E-state index >= 15 is 0 Å². The van der Waals surface area contributed by atoms with Gasteiger partial charge < -0.3 is 0 Å². The first-order valence-electron chi connectivity index (χ1n) is 11.7. The van der Waals surface area contributed by atoms with E-state index in [9.17, 15) is 8.42 Å². The summed E-state index contributed by atoms with van der Waals surface area (Å²) >= 11 is 1.73. The summed E-state index contributed by atoms with van der Waals surface area (Å²) in [6, 6.07) is 26.8. The average Bonchev–Trinajstić information content (AvgIpc) is 2.86. The second-order valence-corrected chi connectivity index (χ2v) is 11.9. The van der Waals surface area contributed by atoms with Gasteiger partial charge in [-0.25, -0.2) is 13.4 Å². The van der Waals surface area contributed by atoms with Crippen LogP contribution in [0.1, 0.15) is 36.8 Å². The monoisotopic (exact) mass is 488 g/mol. The van der Waals surface area contributed by atoms with Crippen molar-refractivity contribution in [2.24, 2.45) is 4.99 Å². The molecule has 6 heteroatoms. The quantitative estimate of drug-likeness (QED) is 0.405. The van der Waals surface area contributed by atoms with Gasteiger partial charge in [-0.3, -0.25) is 4.31 Å². The lowest BCUT2D eigenvalue weighted by atomic mass is 9.94. The number of para-hydroxylation sites is 1. The molecule has 1 saturated carbocycles. The number of sulfonamides is 1. The molecule has 1 heterocycles. The fraction of sp³-hybridized carbons (Fsp3) is 0.250. The lowest BCUT2D eigenvalue weighted by Gasteiger charge is -2.45. The summed E-state index contributed by atoms with van der Waals surface area (Å²) in [4.78, 5) is 5.29. The smallest absolute Gasteiger partial charge is 0.259 e. The molecule has 1 aliphatic heterocycles. The van der Waals surface area contributed by atoms with E-state index in [0.29, 0.717) is 10.6 Å². The van der Waals surface area contributed by atoms with Crippen LogP contribution in [0.5, 0.6) is 0 Å². The molecular formula is C28H28N2O2S2. The van der Waals surface area contributed by atoms with Crippen LogP contribution < -0.4 is 0 Å². The molecule has 2 unspecified atom stereocenters. The highest BCUT2D eigenvalue weighted by Crippen LogP contribution is 2.45. The fourth-order valence-electron chi connectivity index (χ4n) is 4.63. The molecule has 2 aliphatic rings. The van der Waals surface area contributed by atoms with E-state index in [0.717, 1.165) is 47.5 Å². The fourth-order valence-corrected chi connectivity index (χ4v) is 7.90. The first kappa shape index (κ1) is 22.9. The molecule has 4 nitrogen and oxygen atoms in total. The molecule has 5 rings (SSSR count). The van der Waals surface area contributed by atoms with Gasteiger partial charge in [0.1, 0.15) is 5.04 Å². The molecule has 1 saturated heterocycles. The molecule has 0 aromatic heterocycles. The summed E-state index contributed by atoms with van der Waals surface area (Å²) in [7, 11) is -3.77. The van der Waals surface area contributed by atoms with Crippen molar-refractivity contribution in [3.8, 4) is 0 Å². The van der Waals surface area contributed by atoms with Gasteiger partial charge in [-0.15, -0.1) is 0 Å². The first-order valence-corrected chi connectivity index (χ1v) is 14.0. The highest BCUT2D eigenvalue weighted by Gasteiger charge is 2.45. The summed E-state index contributed by atoms with van der Waals surface area (Å²) < 4.78 is 30.0. The predicted molar refractivity (Wildman–Crippen MR) is 142 cm³/mol. The second-order valence-electron chi connectivity index (χ2n) is 8.81. The third-order valence-corrected chi connectivity index (χ3v) is 9.59. The minimum absolute atomic E-state index is 0.0882. The normalized spacial score (nSPS) is 23.1. The molecular weight excluding hydrogens is 460 g/mol. The van der Waals surface area contributed by atoms with Crippen LogP contribution in [0.15, 0.2) is 101 Å². The van der Waals surface area contributed by atoms with Crippen LogP contribution in [0.3, 0.4) is 0 Å². The van der Waals surface area contributed by atoms with Gasteiger partial charge in [-0.2, -0.15) is 0 Å². The van der Waals surface area contributed by atoms with Crippen LogP contribution >= 0.6 is 11.8 Å². The molecule has 0 spiro atoms. The Kier molecular flexibility index (Phi) is 6.61. The molecule has 2 fully saturated rings. The average molecular weight is 489 g/mol. The van der Waals surface area contributed by atoms with Crippen molar-refractivity contribution in [3.05, 3.63) is 102 Å². The molecule has 0 radical (unpaired) electrons. The van der Waals surface area contributed by atoms with Gasteiger partial charge in [0, 0.05) is 5.25 Å². The van der Waals surface area contributed by atoms with Crippen LogP contribution in [0.2, 0.25) is 0 Å². The van der Waals surface area contributed by atoms with Gasteiger partial charge in [0.05, 0.1) is 22.3 Å². The van der Waals surface area contributed by atoms with E-state index in [4.69, 9.17) is 4.99 Å². The Bertz CT molecular complexity index is 1300. The lowest BCUT2D eigenvalue weighted by molar-refractivity contribution is 0.306. The van der Waals surface area contributed by atoms with Crippen molar-refractivity contribution in [1.29, 1.82) is 0 Å². The lowest BCUT2D eigenvalue weighted by Crippen LogP contribution is -2.51. The minimum Gasteiger partial charge on any atom is -0.259 e. The third-order valence-electron chi connectivity index (χ3n) is 6.36. The Balaban J connectivity index is 1.71. The number of nitrogens with zero attached hydrogens (tertiary/aromatic N) is 2. The van der Waals surface area contributed by atoms with Crippen LogP contribution in [0, 0.1) is 6.92 Å². The van der Waals surface area contributed by atoms with Crippen LogP contribution in [-0.4, -0.2) is 29.1 Å². The molecule has 0 amide bonds. The Labute approximate surface area is 206 Å². The topological polar surface area (TPSA) is 49.7 Å². The minimum atomic E-state index is -3.77.